The van der Waals surface area contributed by atoms with E-state index in [2.05, 4.69) is 10.6 Å². The first kappa shape index (κ1) is 27.8. The largest absolute Gasteiger partial charge is 0.465 e. The lowest BCUT2D eigenvalue weighted by Crippen LogP contribution is -2.14. The Balaban J connectivity index is 1.50. The number of rotatable bonds is 11. The Labute approximate surface area is 239 Å². The molecule has 4 aromatic carbocycles. The Morgan fingerprint density at radius 3 is 2.46 bits per heavy atom. The van der Waals surface area contributed by atoms with Gasteiger partial charge >= 0.3 is 11.9 Å². The van der Waals surface area contributed by atoms with Crippen molar-refractivity contribution >= 4 is 22.8 Å². The van der Waals surface area contributed by atoms with Crippen molar-refractivity contribution in [1.82, 2.24) is 4.57 Å². The van der Waals surface area contributed by atoms with Crippen molar-refractivity contribution in [3.05, 3.63) is 120 Å². The molecule has 7 nitrogen and oxygen atoms in total. The van der Waals surface area contributed by atoms with Crippen molar-refractivity contribution in [2.45, 2.75) is 19.4 Å². The normalized spacial score (nSPS) is 11.0. The molecule has 0 atom stereocenters. The second-order valence-corrected chi connectivity index (χ2v) is 9.62. The Hall–Kier alpha value is -4.72. The van der Waals surface area contributed by atoms with Crippen molar-refractivity contribution < 1.29 is 23.8 Å². The van der Waals surface area contributed by atoms with Gasteiger partial charge in [0.1, 0.15) is 5.75 Å². The third-order valence-electron chi connectivity index (χ3n) is 6.82. The summed E-state index contributed by atoms with van der Waals surface area (Å²) in [7, 11) is 1.60. The summed E-state index contributed by atoms with van der Waals surface area (Å²) in [6, 6.07) is 30.7. The zero-order chi connectivity index (χ0) is 28.6. The average Bonchev–Trinajstić information content (AvgIpc) is 3.44. The average molecular weight is 549 g/mol. The van der Waals surface area contributed by atoms with Crippen molar-refractivity contribution in [3.63, 3.8) is 0 Å². The fourth-order valence-electron chi connectivity index (χ4n) is 4.78. The lowest BCUT2D eigenvalue weighted by molar-refractivity contribution is -0.143. The molecule has 0 aliphatic rings. The zero-order valence-corrected chi connectivity index (χ0v) is 22.9. The Morgan fingerprint density at radius 1 is 0.854 bits per heavy atom. The number of carbonyl (C=O) groups excluding carboxylic acids is 2. The fraction of sp³-hybridized carbons (Fsp3) is 0.176. The number of hydrogen-bond acceptors (Lipinski definition) is 6. The van der Waals surface area contributed by atoms with Crippen LogP contribution in [0.1, 0.15) is 27.9 Å². The molecule has 0 unspecified atom stereocenters. The molecule has 0 radical (unpaired) electrons. The van der Waals surface area contributed by atoms with Crippen LogP contribution in [0.3, 0.4) is 0 Å². The number of carbonyl (C=O) groups is 2. The molecule has 0 spiro atoms. The van der Waals surface area contributed by atoms with Gasteiger partial charge in [-0.2, -0.15) is 0 Å². The Kier molecular flexibility index (Phi) is 8.89. The number of para-hydroxylation sites is 2. The summed E-state index contributed by atoms with van der Waals surface area (Å²) in [5.41, 5.74) is 11.6. The molecule has 0 fully saturated rings. The molecule has 7 heteroatoms. The van der Waals surface area contributed by atoms with E-state index in [4.69, 9.17) is 19.9 Å². The van der Waals surface area contributed by atoms with Crippen molar-refractivity contribution in [2.24, 2.45) is 5.73 Å². The first-order valence-electron chi connectivity index (χ1n) is 13.5. The number of ether oxygens (including phenoxy) is 3. The van der Waals surface area contributed by atoms with Crippen LogP contribution in [0.2, 0.25) is 0 Å². The van der Waals surface area contributed by atoms with E-state index >= 15 is 0 Å². The maximum Gasteiger partial charge on any atom is 0.343 e. The summed E-state index contributed by atoms with van der Waals surface area (Å²) in [5, 5.41) is 0.996. The number of hydrogen-bond donors (Lipinski definition) is 1. The van der Waals surface area contributed by atoms with Crippen LogP contribution in [0.15, 0.2) is 103 Å². The van der Waals surface area contributed by atoms with Gasteiger partial charge < -0.3 is 24.5 Å². The molecule has 0 aliphatic heterocycles. The first-order chi connectivity index (χ1) is 20.1. The van der Waals surface area contributed by atoms with E-state index < -0.39 is 11.9 Å². The smallest absolute Gasteiger partial charge is 0.343 e. The van der Waals surface area contributed by atoms with E-state index in [0.717, 1.165) is 33.3 Å². The number of benzene rings is 4. The lowest BCUT2D eigenvalue weighted by atomic mass is 9.97. The van der Waals surface area contributed by atoms with Crippen LogP contribution in [-0.4, -0.2) is 36.8 Å². The predicted molar refractivity (Wildman–Crippen MR) is 159 cm³/mol. The molecule has 5 aromatic rings. The molecule has 0 aliphatic carbocycles. The van der Waals surface area contributed by atoms with Crippen LogP contribution in [0.5, 0.6) is 5.75 Å². The molecular weight excluding hydrogens is 516 g/mol. The topological polar surface area (TPSA) is 92.8 Å². The summed E-state index contributed by atoms with van der Waals surface area (Å²) in [5.74, 6) is -0.602. The maximum atomic E-state index is 13.6. The highest BCUT2D eigenvalue weighted by Crippen LogP contribution is 2.34. The minimum Gasteiger partial charge on any atom is -0.465 e. The number of aromatic nitrogens is 1. The highest BCUT2D eigenvalue weighted by atomic mass is 16.5. The van der Waals surface area contributed by atoms with Gasteiger partial charge in [0.25, 0.3) is 0 Å². The van der Waals surface area contributed by atoms with Gasteiger partial charge in [-0.1, -0.05) is 54.6 Å². The number of esters is 2. The third-order valence-corrected chi connectivity index (χ3v) is 6.82. The van der Waals surface area contributed by atoms with E-state index in [1.807, 2.05) is 72.9 Å². The van der Waals surface area contributed by atoms with E-state index in [9.17, 15) is 9.59 Å². The zero-order valence-electron chi connectivity index (χ0n) is 22.9. The standard InChI is InChI=1S/C34H32N2O5/c1-39-17-8-18-40-33(37)22-26-10-5-6-14-32(26)41-34(38)27-20-30(25-11-7-9-24(19-25)23-35)29-15-16-36(31(29)21-27)28-12-3-2-4-13-28/h2-7,9-16,19-21H,8,17-18,22-23,35H2,1H3. The summed E-state index contributed by atoms with van der Waals surface area (Å²) in [4.78, 5) is 26.0. The second-order valence-electron chi connectivity index (χ2n) is 9.62. The van der Waals surface area contributed by atoms with Gasteiger partial charge in [-0.05, 0) is 59.2 Å². The molecule has 2 N–H and O–H groups in total. The van der Waals surface area contributed by atoms with Crippen LogP contribution in [0, 0.1) is 0 Å². The van der Waals surface area contributed by atoms with E-state index in [1.54, 1.807) is 31.4 Å². The van der Waals surface area contributed by atoms with Crippen LogP contribution in [0.4, 0.5) is 0 Å². The number of nitrogens with zero attached hydrogens (tertiary/aromatic N) is 1. The first-order valence-corrected chi connectivity index (χ1v) is 13.5. The Bertz CT molecular complexity index is 1660. The molecule has 1 heterocycles. The molecule has 0 bridgehead atoms. The van der Waals surface area contributed by atoms with Crippen molar-refractivity contribution in [2.75, 3.05) is 20.3 Å². The van der Waals surface area contributed by atoms with Crippen LogP contribution < -0.4 is 10.5 Å². The monoisotopic (exact) mass is 548 g/mol. The van der Waals surface area contributed by atoms with Crippen molar-refractivity contribution in [1.29, 1.82) is 0 Å². The van der Waals surface area contributed by atoms with Gasteiger partial charge in [-0.3, -0.25) is 4.79 Å². The van der Waals surface area contributed by atoms with E-state index in [0.29, 0.717) is 36.4 Å². The van der Waals surface area contributed by atoms with Gasteiger partial charge in [0, 0.05) is 49.5 Å². The molecule has 41 heavy (non-hydrogen) atoms. The van der Waals surface area contributed by atoms with Crippen LogP contribution >= 0.6 is 0 Å². The molecule has 0 saturated heterocycles. The quantitative estimate of drug-likeness (QED) is 0.122. The summed E-state index contributed by atoms with van der Waals surface area (Å²) in [6.07, 6.45) is 2.60. The van der Waals surface area contributed by atoms with Gasteiger partial charge in [0.15, 0.2) is 0 Å². The number of nitrogens with two attached hydrogens (primary N) is 1. The van der Waals surface area contributed by atoms with Gasteiger partial charge in [0.2, 0.25) is 0 Å². The third kappa shape index (κ3) is 6.54. The molecule has 1 aromatic heterocycles. The highest BCUT2D eigenvalue weighted by molar-refractivity contribution is 6.03. The van der Waals surface area contributed by atoms with E-state index in [1.165, 1.54) is 0 Å². The lowest BCUT2D eigenvalue weighted by Gasteiger charge is -2.13. The summed E-state index contributed by atoms with van der Waals surface area (Å²) < 4.78 is 18.2. The second kappa shape index (κ2) is 13.1. The minimum atomic E-state index is -0.523. The Morgan fingerprint density at radius 2 is 1.66 bits per heavy atom. The SMILES string of the molecule is COCCCOC(=O)Cc1ccccc1OC(=O)c1cc(-c2cccc(CN)c2)c2ccn(-c3ccccc3)c2c1. The predicted octanol–water partition coefficient (Wildman–Crippen LogP) is 6.10. The van der Waals surface area contributed by atoms with Crippen LogP contribution in [-0.2, 0) is 27.2 Å². The number of methoxy groups -OCH3 is 1. The molecule has 0 saturated carbocycles. The van der Waals surface area contributed by atoms with E-state index in [-0.39, 0.29) is 13.0 Å². The van der Waals surface area contributed by atoms with Crippen LogP contribution in [0.25, 0.3) is 27.7 Å². The summed E-state index contributed by atoms with van der Waals surface area (Å²) >= 11 is 0. The number of fused-ring (bicyclic) bond motifs is 1. The highest BCUT2D eigenvalue weighted by Gasteiger charge is 2.19. The molecule has 5 rings (SSSR count). The van der Waals surface area contributed by atoms with Gasteiger partial charge in [0.05, 0.1) is 24.1 Å². The fourth-order valence-corrected chi connectivity index (χ4v) is 4.78. The maximum absolute atomic E-state index is 13.6. The molecule has 208 valence electrons. The van der Waals surface area contributed by atoms with Gasteiger partial charge in [-0.25, -0.2) is 4.79 Å². The summed E-state index contributed by atoms with van der Waals surface area (Å²) in [6.45, 7) is 1.19. The minimum absolute atomic E-state index is 0.0105. The van der Waals surface area contributed by atoms with Gasteiger partial charge in [-0.15, -0.1) is 0 Å². The molecule has 0 amide bonds. The van der Waals surface area contributed by atoms with Crippen molar-refractivity contribution in [3.8, 4) is 22.6 Å². The molecular formula is C34H32N2O5.